The van der Waals surface area contributed by atoms with Crippen LogP contribution in [0.15, 0.2) is 0 Å². The van der Waals surface area contributed by atoms with Crippen LogP contribution in [-0.2, 0) is 14.4 Å². The van der Waals surface area contributed by atoms with Crippen LogP contribution in [0.1, 0.15) is 34.1 Å². The van der Waals surface area contributed by atoms with Gasteiger partial charge in [-0.3, -0.25) is 14.4 Å². The molecule has 2 N–H and O–H groups in total. The third-order valence-electron chi connectivity index (χ3n) is 6.10. The highest BCUT2D eigenvalue weighted by molar-refractivity contribution is 5.97. The molecule has 0 aromatic rings. The number of rotatable bonds is 2. The van der Waals surface area contributed by atoms with E-state index < -0.39 is 23.0 Å². The number of halogens is 3. The van der Waals surface area contributed by atoms with E-state index in [0.29, 0.717) is 24.9 Å². The van der Waals surface area contributed by atoms with Gasteiger partial charge in [0.15, 0.2) is 0 Å². The number of hydrogen-bond donors (Lipinski definition) is 2. The van der Waals surface area contributed by atoms with Crippen LogP contribution in [0.4, 0.5) is 13.2 Å². The van der Waals surface area contributed by atoms with E-state index in [9.17, 15) is 22.8 Å². The van der Waals surface area contributed by atoms with Crippen LogP contribution in [0, 0.1) is 22.7 Å². The lowest BCUT2D eigenvalue weighted by Crippen LogP contribution is -2.56. The number of likely N-dealkylation sites (tertiary alicyclic amines) is 1. The van der Waals surface area contributed by atoms with E-state index in [2.05, 4.69) is 13.8 Å². The van der Waals surface area contributed by atoms with Gasteiger partial charge in [0.05, 0.1) is 0 Å². The summed E-state index contributed by atoms with van der Waals surface area (Å²) in [6, 6.07) is 0. The maximum atomic E-state index is 12.7. The van der Waals surface area contributed by atoms with Crippen LogP contribution >= 0.6 is 0 Å². The molecule has 3 atom stereocenters. The molecule has 0 bridgehead atoms. The van der Waals surface area contributed by atoms with E-state index in [1.165, 1.54) is 0 Å². The molecular formula is C16H23F3N2O4. The second-order valence-electron chi connectivity index (χ2n) is 8.27. The van der Waals surface area contributed by atoms with Crippen LogP contribution in [-0.4, -0.2) is 53.1 Å². The van der Waals surface area contributed by atoms with E-state index in [0.717, 1.165) is 0 Å². The highest BCUT2D eigenvalue weighted by atomic mass is 19.4. The molecule has 3 rings (SSSR count). The van der Waals surface area contributed by atoms with Crippen molar-refractivity contribution >= 4 is 18.3 Å². The zero-order valence-corrected chi connectivity index (χ0v) is 14.6. The van der Waals surface area contributed by atoms with Crippen molar-refractivity contribution in [2.24, 2.45) is 22.7 Å². The van der Waals surface area contributed by atoms with E-state index in [1.54, 1.807) is 18.7 Å². The van der Waals surface area contributed by atoms with Crippen LogP contribution in [0.2, 0.25) is 0 Å². The third kappa shape index (κ3) is 3.08. The Labute approximate surface area is 143 Å². The number of piperidine rings is 1. The fraction of sp³-hybridized carbons (Fsp3) is 0.812. The van der Waals surface area contributed by atoms with Crippen LogP contribution < -0.4 is 5.32 Å². The molecule has 2 saturated carbocycles. The van der Waals surface area contributed by atoms with Gasteiger partial charge in [-0.15, -0.1) is 0 Å². The van der Waals surface area contributed by atoms with Crippen LogP contribution in [0.3, 0.4) is 0 Å². The van der Waals surface area contributed by atoms with E-state index in [4.69, 9.17) is 9.90 Å². The highest BCUT2D eigenvalue weighted by Gasteiger charge is 2.72. The van der Waals surface area contributed by atoms with Crippen molar-refractivity contribution in [2.75, 3.05) is 13.1 Å². The zero-order valence-electron chi connectivity index (χ0n) is 14.6. The minimum Gasteiger partial charge on any atom is -0.483 e. The van der Waals surface area contributed by atoms with Gasteiger partial charge in [0.1, 0.15) is 5.54 Å². The molecule has 9 heteroatoms. The molecule has 2 aliphatic carbocycles. The van der Waals surface area contributed by atoms with E-state index in [1.807, 2.05) is 5.32 Å². The first-order valence-electron chi connectivity index (χ1n) is 8.01. The number of carbonyl (C=O) groups is 3. The standard InChI is InChI=1S/C15H21F3N2O2.CH2O2/c1-12(2)7-14(12,19-10(21)15(16,17)18)11(22)20-5-8-9(6-20)13(8,3)4;2-1-3/h8-9H,5-7H2,1-4H3,(H,19,21);1H,(H,2,3). The number of alkyl halides is 3. The Bertz CT molecular complexity index is 589. The summed E-state index contributed by atoms with van der Waals surface area (Å²) < 4.78 is 37.6. The second kappa shape index (κ2) is 5.60. The lowest BCUT2D eigenvalue weighted by Gasteiger charge is -2.29. The fourth-order valence-corrected chi connectivity index (χ4v) is 4.08. The van der Waals surface area contributed by atoms with Crippen molar-refractivity contribution in [3.63, 3.8) is 0 Å². The van der Waals surface area contributed by atoms with Crippen LogP contribution in [0.25, 0.3) is 0 Å². The predicted octanol–water partition coefficient (Wildman–Crippen LogP) is 1.65. The smallest absolute Gasteiger partial charge is 0.471 e. The molecule has 0 aromatic heterocycles. The number of carbonyl (C=O) groups excluding carboxylic acids is 2. The van der Waals surface area contributed by atoms with Gasteiger partial charge in [-0.25, -0.2) is 0 Å². The summed E-state index contributed by atoms with van der Waals surface area (Å²) in [6.45, 7) is 8.62. The number of amides is 2. The Morgan fingerprint density at radius 1 is 1.16 bits per heavy atom. The third-order valence-corrected chi connectivity index (χ3v) is 6.10. The Hall–Kier alpha value is -1.80. The predicted molar refractivity (Wildman–Crippen MR) is 81.4 cm³/mol. The molecule has 0 aromatic carbocycles. The Balaban J connectivity index is 0.000000701. The Morgan fingerprint density at radius 2 is 1.56 bits per heavy atom. The van der Waals surface area contributed by atoms with Crippen molar-refractivity contribution in [3.8, 4) is 0 Å². The van der Waals surface area contributed by atoms with Crippen LogP contribution in [0.5, 0.6) is 0 Å². The van der Waals surface area contributed by atoms with Gasteiger partial charge >= 0.3 is 12.1 Å². The molecule has 1 saturated heterocycles. The highest BCUT2D eigenvalue weighted by Crippen LogP contribution is 2.64. The number of nitrogens with one attached hydrogen (secondary N) is 1. The van der Waals surface area contributed by atoms with Crippen molar-refractivity contribution in [1.29, 1.82) is 0 Å². The molecule has 3 unspecified atom stereocenters. The quantitative estimate of drug-likeness (QED) is 0.730. The van der Waals surface area contributed by atoms with Gasteiger partial charge in [0.25, 0.3) is 6.47 Å². The SMILES string of the molecule is CC1(C)C2CN(C(=O)C3(NC(=O)C(F)(F)F)CC3(C)C)CC21.O=CO. The second-order valence-corrected chi connectivity index (χ2v) is 8.27. The first-order chi connectivity index (χ1) is 11.2. The molecule has 1 aliphatic heterocycles. The van der Waals surface area contributed by atoms with Crippen molar-refractivity contribution in [2.45, 2.75) is 45.8 Å². The zero-order chi connectivity index (χ0) is 19.4. The first kappa shape index (κ1) is 19.5. The minimum atomic E-state index is -4.97. The number of nitrogens with zero attached hydrogens (tertiary/aromatic N) is 1. The minimum absolute atomic E-state index is 0.220. The molecule has 3 aliphatic rings. The average Bonchev–Trinajstić information content (AvgIpc) is 3.07. The van der Waals surface area contributed by atoms with Gasteiger partial charge in [0, 0.05) is 13.1 Å². The molecule has 0 spiro atoms. The summed E-state index contributed by atoms with van der Waals surface area (Å²) in [6.07, 6.45) is -4.73. The molecule has 2 amide bonds. The van der Waals surface area contributed by atoms with Crippen molar-refractivity contribution < 1.29 is 32.7 Å². The molecule has 0 radical (unpaired) electrons. The molecular weight excluding hydrogens is 341 g/mol. The number of hydrogen-bond acceptors (Lipinski definition) is 3. The van der Waals surface area contributed by atoms with Gasteiger partial charge in [-0.1, -0.05) is 27.7 Å². The first-order valence-corrected chi connectivity index (χ1v) is 8.01. The molecule has 25 heavy (non-hydrogen) atoms. The normalized spacial score (nSPS) is 33.5. The summed E-state index contributed by atoms with van der Waals surface area (Å²) >= 11 is 0. The maximum absolute atomic E-state index is 12.7. The fourth-order valence-electron chi connectivity index (χ4n) is 4.08. The summed E-state index contributed by atoms with van der Waals surface area (Å²) in [4.78, 5) is 34.0. The largest absolute Gasteiger partial charge is 0.483 e. The Kier molecular flexibility index (Phi) is 4.38. The average molecular weight is 364 g/mol. The van der Waals surface area contributed by atoms with Gasteiger partial charge in [0.2, 0.25) is 5.91 Å². The topological polar surface area (TPSA) is 86.7 Å². The molecule has 6 nitrogen and oxygen atoms in total. The molecule has 1 heterocycles. The van der Waals surface area contributed by atoms with Crippen molar-refractivity contribution in [1.82, 2.24) is 10.2 Å². The van der Waals surface area contributed by atoms with E-state index >= 15 is 0 Å². The van der Waals surface area contributed by atoms with Crippen molar-refractivity contribution in [3.05, 3.63) is 0 Å². The summed E-state index contributed by atoms with van der Waals surface area (Å²) in [7, 11) is 0. The van der Waals surface area contributed by atoms with Gasteiger partial charge in [-0.2, -0.15) is 13.2 Å². The lowest BCUT2D eigenvalue weighted by atomic mass is 10.0. The summed E-state index contributed by atoms with van der Waals surface area (Å²) in [5, 5.41) is 8.86. The monoisotopic (exact) mass is 364 g/mol. The molecule has 3 fully saturated rings. The summed E-state index contributed by atoms with van der Waals surface area (Å²) in [5.41, 5.74) is -1.83. The molecule has 142 valence electrons. The summed E-state index contributed by atoms with van der Waals surface area (Å²) in [5.74, 6) is -1.54. The number of carboxylic acid groups (broad SMARTS) is 1. The lowest BCUT2D eigenvalue weighted by molar-refractivity contribution is -0.176. The number of fused-ring (bicyclic) bond motifs is 1. The van der Waals surface area contributed by atoms with Gasteiger partial charge < -0.3 is 15.3 Å². The maximum Gasteiger partial charge on any atom is 0.471 e. The Morgan fingerprint density at radius 3 is 1.88 bits per heavy atom. The van der Waals surface area contributed by atoms with Gasteiger partial charge in [-0.05, 0) is 29.1 Å². The van der Waals surface area contributed by atoms with E-state index in [-0.39, 0.29) is 24.2 Å².